The molecule has 0 spiro atoms. The molecule has 7 heteroatoms. The van der Waals surface area contributed by atoms with Gasteiger partial charge in [0, 0.05) is 6.04 Å². The van der Waals surface area contributed by atoms with E-state index in [-0.39, 0.29) is 18.3 Å². The lowest BCUT2D eigenvalue weighted by atomic mass is 9.76. The van der Waals surface area contributed by atoms with Crippen molar-refractivity contribution in [2.45, 2.75) is 50.7 Å². The van der Waals surface area contributed by atoms with Crippen LogP contribution in [0.2, 0.25) is 0 Å². The summed E-state index contributed by atoms with van der Waals surface area (Å²) >= 11 is 0. The van der Waals surface area contributed by atoms with Gasteiger partial charge in [0.05, 0.1) is 19.4 Å². The molecule has 2 atom stereocenters. The standard InChI is InChI=1S/C12H20F3NO2.ClH/c1-18-11(17)10(8-5-3-2-4-6-8)9(16)7-12(13,14)15;/h8-10H,2-7,16H2,1H3;1H. The number of halogens is 4. The van der Waals surface area contributed by atoms with Crippen LogP contribution in [0, 0.1) is 11.8 Å². The summed E-state index contributed by atoms with van der Waals surface area (Å²) in [5.41, 5.74) is 5.59. The molecule has 0 saturated heterocycles. The Hall–Kier alpha value is -0.490. The molecule has 1 fully saturated rings. The molecule has 1 aliphatic rings. The number of ether oxygens (including phenoxy) is 1. The maximum absolute atomic E-state index is 12.4. The van der Waals surface area contributed by atoms with Gasteiger partial charge in [0.25, 0.3) is 0 Å². The average molecular weight is 304 g/mol. The van der Waals surface area contributed by atoms with Crippen LogP contribution in [0.15, 0.2) is 0 Å². The Kier molecular flexibility index (Phi) is 7.74. The fraction of sp³-hybridized carbons (Fsp3) is 0.917. The van der Waals surface area contributed by atoms with Crippen LogP contribution in [-0.4, -0.2) is 25.3 Å². The SMILES string of the molecule is COC(=O)C(C(N)CC(F)(F)F)C1CCCCC1.Cl. The van der Waals surface area contributed by atoms with Gasteiger partial charge < -0.3 is 10.5 Å². The highest BCUT2D eigenvalue weighted by molar-refractivity contribution is 5.85. The smallest absolute Gasteiger partial charge is 0.390 e. The molecule has 1 rings (SSSR count). The first-order valence-corrected chi connectivity index (χ1v) is 6.25. The Morgan fingerprint density at radius 2 is 1.84 bits per heavy atom. The third kappa shape index (κ3) is 5.99. The molecule has 0 aromatic rings. The van der Waals surface area contributed by atoms with Crippen molar-refractivity contribution >= 4 is 18.4 Å². The zero-order valence-corrected chi connectivity index (χ0v) is 11.7. The molecule has 0 aromatic heterocycles. The second kappa shape index (κ2) is 7.94. The van der Waals surface area contributed by atoms with Crippen LogP contribution in [0.3, 0.4) is 0 Å². The van der Waals surface area contributed by atoms with E-state index in [1.54, 1.807) is 0 Å². The van der Waals surface area contributed by atoms with Gasteiger partial charge in [0.2, 0.25) is 0 Å². The normalized spacial score (nSPS) is 20.3. The topological polar surface area (TPSA) is 52.3 Å². The minimum Gasteiger partial charge on any atom is -0.469 e. The van der Waals surface area contributed by atoms with E-state index in [2.05, 4.69) is 4.74 Å². The van der Waals surface area contributed by atoms with E-state index >= 15 is 0 Å². The maximum Gasteiger partial charge on any atom is 0.390 e. The Bertz CT molecular complexity index is 281. The number of alkyl halides is 3. The highest BCUT2D eigenvalue weighted by Crippen LogP contribution is 2.35. The summed E-state index contributed by atoms with van der Waals surface area (Å²) in [5, 5.41) is 0. The summed E-state index contributed by atoms with van der Waals surface area (Å²) in [5.74, 6) is -1.53. The predicted molar refractivity (Wildman–Crippen MR) is 68.0 cm³/mol. The van der Waals surface area contributed by atoms with Gasteiger partial charge in [-0.05, 0) is 18.8 Å². The Balaban J connectivity index is 0.00000324. The van der Waals surface area contributed by atoms with Gasteiger partial charge in [-0.1, -0.05) is 19.3 Å². The van der Waals surface area contributed by atoms with Gasteiger partial charge in [0.1, 0.15) is 0 Å². The third-order valence-electron chi connectivity index (χ3n) is 3.56. The van der Waals surface area contributed by atoms with Gasteiger partial charge in [-0.2, -0.15) is 13.2 Å². The summed E-state index contributed by atoms with van der Waals surface area (Å²) < 4.78 is 41.7. The van der Waals surface area contributed by atoms with Crippen molar-refractivity contribution in [2.75, 3.05) is 7.11 Å². The van der Waals surface area contributed by atoms with Crippen molar-refractivity contribution in [3.8, 4) is 0 Å². The molecule has 114 valence electrons. The van der Waals surface area contributed by atoms with Crippen LogP contribution in [0.25, 0.3) is 0 Å². The molecule has 0 radical (unpaired) electrons. The fourth-order valence-electron chi connectivity index (χ4n) is 2.74. The Labute approximate surface area is 117 Å². The van der Waals surface area contributed by atoms with Crippen molar-refractivity contribution in [3.05, 3.63) is 0 Å². The van der Waals surface area contributed by atoms with E-state index in [1.807, 2.05) is 0 Å². The summed E-state index contributed by atoms with van der Waals surface area (Å²) in [6, 6.07) is -1.21. The molecule has 19 heavy (non-hydrogen) atoms. The first-order valence-electron chi connectivity index (χ1n) is 6.25. The number of rotatable bonds is 4. The van der Waals surface area contributed by atoms with E-state index in [0.29, 0.717) is 0 Å². The number of nitrogens with two attached hydrogens (primary N) is 1. The summed E-state index contributed by atoms with van der Waals surface area (Å²) in [7, 11) is 1.19. The van der Waals surface area contributed by atoms with Crippen LogP contribution < -0.4 is 5.73 Å². The number of methoxy groups -OCH3 is 1. The lowest BCUT2D eigenvalue weighted by molar-refractivity contribution is -0.157. The highest BCUT2D eigenvalue weighted by atomic mass is 35.5. The molecular weight excluding hydrogens is 283 g/mol. The van der Waals surface area contributed by atoms with Gasteiger partial charge in [-0.3, -0.25) is 4.79 Å². The van der Waals surface area contributed by atoms with Gasteiger partial charge in [0.15, 0.2) is 0 Å². The fourth-order valence-corrected chi connectivity index (χ4v) is 2.74. The molecule has 1 saturated carbocycles. The van der Waals surface area contributed by atoms with Crippen molar-refractivity contribution in [1.29, 1.82) is 0 Å². The highest BCUT2D eigenvalue weighted by Gasteiger charge is 2.40. The van der Waals surface area contributed by atoms with Crippen molar-refractivity contribution in [1.82, 2.24) is 0 Å². The minimum atomic E-state index is -4.35. The first kappa shape index (κ1) is 18.5. The van der Waals surface area contributed by atoms with Crippen LogP contribution >= 0.6 is 12.4 Å². The second-order valence-corrected chi connectivity index (χ2v) is 4.93. The summed E-state index contributed by atoms with van der Waals surface area (Å²) in [6.07, 6.45) is -1.02. The number of hydrogen-bond acceptors (Lipinski definition) is 3. The first-order chi connectivity index (χ1) is 8.35. The number of carbonyl (C=O) groups excluding carboxylic acids is 1. The molecule has 0 amide bonds. The second-order valence-electron chi connectivity index (χ2n) is 4.93. The molecule has 1 aliphatic carbocycles. The van der Waals surface area contributed by atoms with Gasteiger partial charge in [-0.25, -0.2) is 0 Å². The van der Waals surface area contributed by atoms with Crippen LogP contribution in [0.5, 0.6) is 0 Å². The van der Waals surface area contributed by atoms with E-state index in [9.17, 15) is 18.0 Å². The van der Waals surface area contributed by atoms with E-state index in [4.69, 9.17) is 5.73 Å². The monoisotopic (exact) mass is 303 g/mol. The van der Waals surface area contributed by atoms with E-state index in [1.165, 1.54) is 7.11 Å². The van der Waals surface area contributed by atoms with Crippen LogP contribution in [-0.2, 0) is 9.53 Å². The quantitative estimate of drug-likeness (QED) is 0.812. The summed E-state index contributed by atoms with van der Waals surface area (Å²) in [6.45, 7) is 0. The van der Waals surface area contributed by atoms with Crippen LogP contribution in [0.1, 0.15) is 38.5 Å². The molecule has 2 unspecified atom stereocenters. The molecule has 0 aromatic carbocycles. The lowest BCUT2D eigenvalue weighted by Gasteiger charge is -2.32. The Morgan fingerprint density at radius 1 is 1.32 bits per heavy atom. The molecule has 3 nitrogen and oxygen atoms in total. The number of esters is 1. The maximum atomic E-state index is 12.4. The molecular formula is C12H21ClF3NO2. The van der Waals surface area contributed by atoms with Crippen molar-refractivity contribution in [3.63, 3.8) is 0 Å². The Morgan fingerprint density at radius 3 is 2.26 bits per heavy atom. The molecule has 0 bridgehead atoms. The molecule has 0 aliphatic heterocycles. The lowest BCUT2D eigenvalue weighted by Crippen LogP contribution is -2.44. The van der Waals surface area contributed by atoms with Crippen molar-refractivity contribution in [2.24, 2.45) is 17.6 Å². The number of hydrogen-bond donors (Lipinski definition) is 1. The predicted octanol–water partition coefficient (Wildman–Crippen LogP) is 3.06. The number of carbonyl (C=O) groups is 1. The minimum absolute atomic E-state index is 0. The van der Waals surface area contributed by atoms with Crippen LogP contribution in [0.4, 0.5) is 13.2 Å². The third-order valence-corrected chi connectivity index (χ3v) is 3.56. The zero-order valence-electron chi connectivity index (χ0n) is 10.9. The van der Waals surface area contributed by atoms with E-state index in [0.717, 1.165) is 32.1 Å². The zero-order chi connectivity index (χ0) is 13.8. The molecule has 2 N–H and O–H groups in total. The van der Waals surface area contributed by atoms with Gasteiger partial charge >= 0.3 is 12.1 Å². The summed E-state index contributed by atoms with van der Waals surface area (Å²) in [4.78, 5) is 11.7. The van der Waals surface area contributed by atoms with Crippen molar-refractivity contribution < 1.29 is 22.7 Å². The largest absolute Gasteiger partial charge is 0.469 e. The molecule has 0 heterocycles. The van der Waals surface area contributed by atoms with Gasteiger partial charge in [-0.15, -0.1) is 12.4 Å². The van der Waals surface area contributed by atoms with E-state index < -0.39 is 30.5 Å². The average Bonchev–Trinajstić information content (AvgIpc) is 2.28.